The lowest BCUT2D eigenvalue weighted by molar-refractivity contribution is -0.114. The number of carbonyl (C=O) groups excluding carboxylic acids is 1. The van der Waals surface area contributed by atoms with Gasteiger partial charge in [0.25, 0.3) is 5.91 Å². The first-order valence-electron chi connectivity index (χ1n) is 7.63. The van der Waals surface area contributed by atoms with Gasteiger partial charge in [-0.2, -0.15) is 10.1 Å². The Morgan fingerprint density at radius 2 is 1.84 bits per heavy atom. The van der Waals surface area contributed by atoms with Crippen LogP contribution in [0.5, 0.6) is 11.5 Å². The second-order valence-electron chi connectivity index (χ2n) is 5.45. The molecule has 25 heavy (non-hydrogen) atoms. The number of methoxy groups -OCH3 is 2. The number of rotatable bonds is 4. The van der Waals surface area contributed by atoms with Crippen molar-refractivity contribution in [2.24, 2.45) is 5.10 Å². The van der Waals surface area contributed by atoms with Crippen LogP contribution in [0.3, 0.4) is 0 Å². The van der Waals surface area contributed by atoms with Crippen LogP contribution in [0.25, 0.3) is 6.08 Å². The van der Waals surface area contributed by atoms with Gasteiger partial charge in [0.1, 0.15) is 0 Å². The second-order valence-corrected chi connectivity index (χ2v) is 6.37. The minimum atomic E-state index is -0.162. The van der Waals surface area contributed by atoms with Crippen molar-refractivity contribution in [2.45, 2.75) is 6.92 Å². The molecule has 5 nitrogen and oxygen atoms in total. The molecule has 2 aromatic carbocycles. The summed E-state index contributed by atoms with van der Waals surface area (Å²) in [5.74, 6) is 1.09. The van der Waals surface area contributed by atoms with Crippen molar-refractivity contribution < 1.29 is 14.3 Å². The summed E-state index contributed by atoms with van der Waals surface area (Å²) in [6, 6.07) is 13.0. The van der Waals surface area contributed by atoms with Crippen molar-refractivity contribution >= 4 is 39.3 Å². The van der Waals surface area contributed by atoms with Gasteiger partial charge in [0.05, 0.1) is 31.2 Å². The standard InChI is InChI=1S/C19H17BrN2O3/c1-12-16(9-13-7-8-17(24-2)18(10-13)25-3)19(23)22(21-12)15-6-4-5-14(20)11-15/h4-11H,1-3H3/b16-9+. The van der Waals surface area contributed by atoms with E-state index in [1.165, 1.54) is 5.01 Å². The van der Waals surface area contributed by atoms with Gasteiger partial charge in [-0.05, 0) is 48.9 Å². The maximum absolute atomic E-state index is 12.8. The molecule has 0 N–H and O–H groups in total. The van der Waals surface area contributed by atoms with Crippen LogP contribution in [-0.4, -0.2) is 25.8 Å². The van der Waals surface area contributed by atoms with Crippen LogP contribution in [0, 0.1) is 0 Å². The van der Waals surface area contributed by atoms with Gasteiger partial charge in [-0.1, -0.05) is 28.1 Å². The predicted molar refractivity (Wildman–Crippen MR) is 102 cm³/mol. The van der Waals surface area contributed by atoms with E-state index in [0.717, 1.165) is 15.7 Å². The zero-order valence-corrected chi connectivity index (χ0v) is 15.7. The molecule has 6 heteroatoms. The molecule has 1 heterocycles. The summed E-state index contributed by atoms with van der Waals surface area (Å²) < 4.78 is 11.4. The Labute approximate surface area is 154 Å². The molecule has 0 bridgehead atoms. The SMILES string of the molecule is COc1ccc(/C=C2/C(=O)N(c3cccc(Br)c3)N=C2C)cc1OC. The van der Waals surface area contributed by atoms with E-state index >= 15 is 0 Å². The molecule has 0 spiro atoms. The molecule has 128 valence electrons. The molecule has 0 aromatic heterocycles. The Hall–Kier alpha value is -2.60. The zero-order chi connectivity index (χ0) is 18.0. The topological polar surface area (TPSA) is 51.1 Å². The Balaban J connectivity index is 1.95. The lowest BCUT2D eigenvalue weighted by Gasteiger charge is -2.12. The van der Waals surface area contributed by atoms with Crippen LogP contribution in [0.1, 0.15) is 12.5 Å². The van der Waals surface area contributed by atoms with Crippen molar-refractivity contribution in [2.75, 3.05) is 19.2 Å². The summed E-state index contributed by atoms with van der Waals surface area (Å²) >= 11 is 3.42. The highest BCUT2D eigenvalue weighted by Crippen LogP contribution is 2.30. The third-order valence-electron chi connectivity index (χ3n) is 3.83. The summed E-state index contributed by atoms with van der Waals surface area (Å²) in [7, 11) is 3.17. The number of hydrazone groups is 1. The van der Waals surface area contributed by atoms with Gasteiger partial charge in [0.2, 0.25) is 0 Å². The minimum Gasteiger partial charge on any atom is -0.493 e. The second kappa shape index (κ2) is 7.11. The largest absolute Gasteiger partial charge is 0.493 e. The van der Waals surface area contributed by atoms with Crippen molar-refractivity contribution in [3.05, 3.63) is 58.1 Å². The Morgan fingerprint density at radius 3 is 2.52 bits per heavy atom. The molecule has 1 aliphatic heterocycles. The first kappa shape index (κ1) is 17.2. The molecule has 2 aromatic rings. The molecular formula is C19H17BrN2O3. The fraction of sp³-hybridized carbons (Fsp3) is 0.158. The third kappa shape index (κ3) is 3.44. The third-order valence-corrected chi connectivity index (χ3v) is 4.33. The van der Waals surface area contributed by atoms with Gasteiger partial charge in [-0.3, -0.25) is 4.79 Å². The highest BCUT2D eigenvalue weighted by Gasteiger charge is 2.28. The van der Waals surface area contributed by atoms with E-state index in [2.05, 4.69) is 21.0 Å². The van der Waals surface area contributed by atoms with Crippen molar-refractivity contribution in [3.63, 3.8) is 0 Å². The molecular weight excluding hydrogens is 384 g/mol. The van der Waals surface area contributed by atoms with E-state index in [0.29, 0.717) is 22.8 Å². The molecule has 1 aliphatic rings. The van der Waals surface area contributed by atoms with Crippen LogP contribution in [0.15, 0.2) is 57.6 Å². The van der Waals surface area contributed by atoms with Gasteiger partial charge < -0.3 is 9.47 Å². The highest BCUT2D eigenvalue weighted by atomic mass is 79.9. The smallest absolute Gasteiger partial charge is 0.280 e. The number of anilines is 1. The summed E-state index contributed by atoms with van der Waals surface area (Å²) in [6.07, 6.45) is 1.81. The van der Waals surface area contributed by atoms with Gasteiger partial charge in [-0.15, -0.1) is 0 Å². The Bertz CT molecular complexity index is 890. The lowest BCUT2D eigenvalue weighted by atomic mass is 10.1. The van der Waals surface area contributed by atoms with Crippen molar-refractivity contribution in [1.82, 2.24) is 0 Å². The number of hydrogen-bond donors (Lipinski definition) is 0. The Morgan fingerprint density at radius 1 is 1.08 bits per heavy atom. The van der Waals surface area contributed by atoms with Gasteiger partial charge in [0, 0.05) is 4.47 Å². The number of nitrogens with zero attached hydrogens (tertiary/aromatic N) is 2. The molecule has 0 radical (unpaired) electrons. The van der Waals surface area contributed by atoms with Gasteiger partial charge in [0.15, 0.2) is 11.5 Å². The molecule has 0 atom stereocenters. The van der Waals surface area contributed by atoms with E-state index in [1.807, 2.05) is 49.4 Å². The number of hydrogen-bond acceptors (Lipinski definition) is 4. The van der Waals surface area contributed by atoms with Crippen LogP contribution >= 0.6 is 15.9 Å². The highest BCUT2D eigenvalue weighted by molar-refractivity contribution is 9.10. The first-order chi connectivity index (χ1) is 12.0. The quantitative estimate of drug-likeness (QED) is 0.719. The van der Waals surface area contributed by atoms with Crippen molar-refractivity contribution in [1.29, 1.82) is 0 Å². The van der Waals surface area contributed by atoms with Gasteiger partial charge in [-0.25, -0.2) is 0 Å². The van der Waals surface area contributed by atoms with E-state index in [9.17, 15) is 4.79 Å². The summed E-state index contributed by atoms with van der Waals surface area (Å²) in [5, 5.41) is 5.80. The first-order valence-corrected chi connectivity index (χ1v) is 8.42. The average molecular weight is 401 g/mol. The number of halogens is 1. The summed E-state index contributed by atoms with van der Waals surface area (Å²) in [6.45, 7) is 1.82. The van der Waals surface area contributed by atoms with E-state index in [4.69, 9.17) is 9.47 Å². The molecule has 0 aliphatic carbocycles. The summed E-state index contributed by atoms with van der Waals surface area (Å²) in [4.78, 5) is 12.8. The average Bonchev–Trinajstić information content (AvgIpc) is 2.89. The molecule has 0 saturated heterocycles. The number of benzene rings is 2. The number of ether oxygens (including phenoxy) is 2. The van der Waals surface area contributed by atoms with E-state index in [-0.39, 0.29) is 5.91 Å². The lowest BCUT2D eigenvalue weighted by Crippen LogP contribution is -2.21. The molecule has 0 fully saturated rings. The monoisotopic (exact) mass is 400 g/mol. The maximum atomic E-state index is 12.8. The number of carbonyl (C=O) groups is 1. The molecule has 1 amide bonds. The van der Waals surface area contributed by atoms with E-state index < -0.39 is 0 Å². The molecule has 3 rings (SSSR count). The van der Waals surface area contributed by atoms with Crippen LogP contribution in [0.2, 0.25) is 0 Å². The van der Waals surface area contributed by atoms with Gasteiger partial charge >= 0.3 is 0 Å². The molecule has 0 unspecified atom stereocenters. The number of amides is 1. The van der Waals surface area contributed by atoms with Crippen LogP contribution < -0.4 is 14.5 Å². The molecule has 0 saturated carbocycles. The van der Waals surface area contributed by atoms with Crippen LogP contribution in [0.4, 0.5) is 5.69 Å². The van der Waals surface area contributed by atoms with Crippen LogP contribution in [-0.2, 0) is 4.79 Å². The normalized spacial score (nSPS) is 15.5. The van der Waals surface area contributed by atoms with E-state index in [1.54, 1.807) is 20.3 Å². The minimum absolute atomic E-state index is 0.162. The van der Waals surface area contributed by atoms with Crippen molar-refractivity contribution in [3.8, 4) is 11.5 Å². The maximum Gasteiger partial charge on any atom is 0.280 e. The fourth-order valence-electron chi connectivity index (χ4n) is 2.58. The fourth-order valence-corrected chi connectivity index (χ4v) is 2.96. The summed E-state index contributed by atoms with van der Waals surface area (Å²) in [5.41, 5.74) is 2.77. The predicted octanol–water partition coefficient (Wildman–Crippen LogP) is 4.27. The Kier molecular flexibility index (Phi) is 4.90. The zero-order valence-electron chi connectivity index (χ0n) is 14.1.